The van der Waals surface area contributed by atoms with E-state index in [2.05, 4.69) is 29.9 Å². The van der Waals surface area contributed by atoms with Crippen LogP contribution in [-0.2, 0) is 59.0 Å². The monoisotopic (exact) mass is 1080 g/mol. The molecule has 0 aliphatic carbocycles. The Morgan fingerprint density at radius 1 is 0.250 bits per heavy atom. The minimum atomic E-state index is -5.06. The molecule has 2 atom stereocenters. The summed E-state index contributed by atoms with van der Waals surface area (Å²) in [4.78, 5) is 24.0. The van der Waals surface area contributed by atoms with Crippen LogP contribution in [0.2, 0.25) is 0 Å². The van der Waals surface area contributed by atoms with Crippen molar-refractivity contribution in [2.75, 3.05) is 0 Å². The zero-order valence-electron chi connectivity index (χ0n) is 36.5. The molecule has 10 rings (SSSR count). The second-order valence-electron chi connectivity index (χ2n) is 15.8. The number of hydrogen-bond donors (Lipinski definition) is 0. The van der Waals surface area contributed by atoms with E-state index in [9.17, 15) is 50.5 Å². The fourth-order valence-electron chi connectivity index (χ4n) is 7.81. The highest BCUT2D eigenvalue weighted by molar-refractivity contribution is 7.96. The van der Waals surface area contributed by atoms with E-state index in [4.69, 9.17) is 0 Å². The predicted molar refractivity (Wildman–Crippen MR) is 257 cm³/mol. The number of rotatable bonds is 12. The molecule has 0 bridgehead atoms. The van der Waals surface area contributed by atoms with Crippen molar-refractivity contribution >= 4 is 81.1 Å². The summed E-state index contributed by atoms with van der Waals surface area (Å²) in [6.07, 6.45) is 0. The topological polar surface area (TPSA) is 281 Å². The first kappa shape index (κ1) is 48.2. The lowest BCUT2D eigenvalue weighted by molar-refractivity contribution is 0.547. The lowest BCUT2D eigenvalue weighted by Gasteiger charge is -2.24. The average Bonchev–Trinajstić information content (AvgIpc) is 3.41. The molecule has 0 radical (unpaired) electrons. The quantitative estimate of drug-likeness (QED) is 0.149. The number of aromatic nitrogens is 4. The molecule has 2 unspecified atom stereocenters. The van der Waals surface area contributed by atoms with Crippen molar-refractivity contribution in [2.24, 2.45) is 9.98 Å². The summed E-state index contributed by atoms with van der Waals surface area (Å²) in [5, 5.41) is -11.2. The fourth-order valence-corrected chi connectivity index (χ4v) is 17.8. The van der Waals surface area contributed by atoms with E-state index in [-0.39, 0.29) is 0 Å². The van der Waals surface area contributed by atoms with E-state index in [0.29, 0.717) is 0 Å². The molecule has 0 saturated carbocycles. The predicted octanol–water partition coefficient (Wildman–Crippen LogP) is 4.76. The lowest BCUT2D eigenvalue weighted by Crippen LogP contribution is -2.47. The van der Waals surface area contributed by atoms with Crippen molar-refractivity contribution in [3.63, 3.8) is 0 Å². The van der Waals surface area contributed by atoms with Gasteiger partial charge >= 0.3 is 0 Å². The van der Waals surface area contributed by atoms with Gasteiger partial charge in [-0.25, -0.2) is 70.4 Å². The van der Waals surface area contributed by atoms with Gasteiger partial charge in [0, 0.05) is 0 Å². The standard InChI is InChI=1S/C48H32N6O12S6/c55-67(56,31-19-7-1-8-20-31)43-44(68(57,58)32-21-9-2-10-22-32)50-38-37(49-43)39-41(53-46(70(61,62)34-25-13-4-14-26-34)45(51-39)69(59,60)33-23-11-3-12-24-33)42-40(38)52-47(71(63,64)35-27-15-5-16-28-35)48(54-42)72(65,66)36-29-17-6-18-30-36/h1-30,43-44H. The zero-order valence-corrected chi connectivity index (χ0v) is 41.4. The number of sulfone groups is 6. The van der Waals surface area contributed by atoms with Crippen molar-refractivity contribution in [1.82, 2.24) is 19.9 Å². The highest BCUT2D eigenvalue weighted by Crippen LogP contribution is 2.36. The Balaban J connectivity index is 1.47. The highest BCUT2D eigenvalue weighted by atomic mass is 32.2. The second-order valence-corrected chi connectivity index (χ2v) is 27.3. The summed E-state index contributed by atoms with van der Waals surface area (Å²) in [5.74, 6) is 0. The molecule has 0 N–H and O–H groups in total. The SMILES string of the molecule is O=S(=O)(c1ccccc1)c1nc2c3c(c4nc(S(=O)(=O)c5ccccc5)c(S(=O)(=O)c5ccccc5)nc4c2nc1S(=O)(=O)c1ccccc1)=NC(S(=O)(=O)c1ccccc1)C(S(=O)(=O)c1ccccc1)N=3. The molecular formula is C48H32N6O12S6. The molecular weight excluding hydrogens is 1040 g/mol. The molecule has 362 valence electrons. The van der Waals surface area contributed by atoms with Crippen LogP contribution in [0.5, 0.6) is 0 Å². The van der Waals surface area contributed by atoms with Crippen LogP contribution < -0.4 is 10.7 Å². The van der Waals surface area contributed by atoms with Crippen molar-refractivity contribution in [3.8, 4) is 0 Å². The molecule has 0 spiro atoms. The van der Waals surface area contributed by atoms with Crippen molar-refractivity contribution in [3.05, 3.63) is 193 Å². The third kappa shape index (κ3) is 7.95. The van der Waals surface area contributed by atoms with Gasteiger partial charge in [-0.1, -0.05) is 109 Å². The molecule has 18 nitrogen and oxygen atoms in total. The summed E-state index contributed by atoms with van der Waals surface area (Å²) in [6, 6.07) is 39.2. The van der Waals surface area contributed by atoms with Gasteiger partial charge in [0.05, 0.1) is 29.4 Å². The van der Waals surface area contributed by atoms with Gasteiger partial charge in [0.15, 0.2) is 30.9 Å². The van der Waals surface area contributed by atoms with Crippen LogP contribution in [-0.4, -0.2) is 81.2 Å². The molecule has 7 aromatic carbocycles. The fraction of sp³-hybridized carbons (Fsp3) is 0.0417. The van der Waals surface area contributed by atoms with Crippen LogP contribution in [0.25, 0.3) is 22.1 Å². The van der Waals surface area contributed by atoms with Crippen molar-refractivity contribution in [2.45, 2.75) is 60.2 Å². The van der Waals surface area contributed by atoms with Crippen LogP contribution in [0.3, 0.4) is 0 Å². The smallest absolute Gasteiger partial charge is 0.226 e. The van der Waals surface area contributed by atoms with Gasteiger partial charge in [0.2, 0.25) is 59.0 Å². The summed E-state index contributed by atoms with van der Waals surface area (Å²) in [6.45, 7) is 0. The molecule has 0 saturated heterocycles. The summed E-state index contributed by atoms with van der Waals surface area (Å²) >= 11 is 0. The maximum absolute atomic E-state index is 14.9. The van der Waals surface area contributed by atoms with E-state index in [1.54, 1.807) is 0 Å². The maximum atomic E-state index is 14.9. The zero-order chi connectivity index (χ0) is 50.8. The second kappa shape index (κ2) is 17.7. The number of benzene rings is 7. The number of hydrogen-bond acceptors (Lipinski definition) is 18. The van der Waals surface area contributed by atoms with Crippen molar-refractivity contribution in [1.29, 1.82) is 0 Å². The molecule has 72 heavy (non-hydrogen) atoms. The van der Waals surface area contributed by atoms with Crippen LogP contribution in [0.1, 0.15) is 0 Å². The van der Waals surface area contributed by atoms with Gasteiger partial charge in [0.1, 0.15) is 32.8 Å². The first-order chi connectivity index (χ1) is 34.3. The lowest BCUT2D eigenvalue weighted by atomic mass is 10.2. The summed E-state index contributed by atoms with van der Waals surface area (Å²) in [7, 11) is -30.2. The Kier molecular flexibility index (Phi) is 11.8. The number of fused-ring (bicyclic) bond motifs is 6. The Bertz CT molecular complexity index is 4220. The largest absolute Gasteiger partial charge is 0.257 e. The van der Waals surface area contributed by atoms with Crippen LogP contribution in [0.15, 0.2) is 241 Å². The van der Waals surface area contributed by atoms with Crippen molar-refractivity contribution < 1.29 is 50.5 Å². The van der Waals surface area contributed by atoms with Gasteiger partial charge in [-0.2, -0.15) is 0 Å². The third-order valence-corrected chi connectivity index (χ3v) is 22.4. The Labute approximate surface area is 411 Å². The van der Waals surface area contributed by atoms with Crippen LogP contribution >= 0.6 is 0 Å². The first-order valence-corrected chi connectivity index (χ1v) is 30.1. The molecule has 1 aliphatic heterocycles. The molecule has 0 amide bonds. The molecule has 3 heterocycles. The van der Waals surface area contributed by atoms with Crippen LogP contribution in [0, 0.1) is 0 Å². The van der Waals surface area contributed by atoms with E-state index >= 15 is 0 Å². The molecule has 1 aliphatic rings. The molecule has 0 fully saturated rings. The minimum Gasteiger partial charge on any atom is -0.257 e. The van der Waals surface area contributed by atoms with E-state index in [0.717, 1.165) is 48.5 Å². The summed E-state index contributed by atoms with van der Waals surface area (Å²) in [5.41, 5.74) is -3.07. The van der Waals surface area contributed by atoms with E-state index in [1.165, 1.54) is 133 Å². The first-order valence-electron chi connectivity index (χ1n) is 21.1. The van der Waals surface area contributed by atoms with Gasteiger partial charge in [-0.3, -0.25) is 9.98 Å². The third-order valence-electron chi connectivity index (χ3n) is 11.3. The summed E-state index contributed by atoms with van der Waals surface area (Å²) < 4.78 is 178. The highest BCUT2D eigenvalue weighted by Gasteiger charge is 2.46. The molecule has 2 aromatic heterocycles. The molecule has 24 heteroatoms. The maximum Gasteiger partial charge on any atom is 0.226 e. The van der Waals surface area contributed by atoms with E-state index in [1.807, 2.05) is 0 Å². The Morgan fingerprint density at radius 2 is 0.444 bits per heavy atom. The normalized spacial score (nSPS) is 15.6. The van der Waals surface area contributed by atoms with Crippen LogP contribution in [0.4, 0.5) is 0 Å². The van der Waals surface area contributed by atoms with Gasteiger partial charge in [-0.05, 0) is 72.8 Å². The van der Waals surface area contributed by atoms with Gasteiger partial charge < -0.3 is 0 Å². The average molecular weight is 1080 g/mol. The number of nitrogens with zero attached hydrogens (tertiary/aromatic N) is 6. The Morgan fingerprint density at radius 3 is 0.667 bits per heavy atom. The molecule has 9 aromatic rings. The van der Waals surface area contributed by atoms with E-state index < -0.39 is 152 Å². The minimum absolute atomic E-state index is 0.419. The van der Waals surface area contributed by atoms with Gasteiger partial charge in [-0.15, -0.1) is 0 Å². The Hall–Kier alpha value is -7.48. The van der Waals surface area contributed by atoms with Gasteiger partial charge in [0.25, 0.3) is 0 Å².